The Balaban J connectivity index is 0.00000171. The van der Waals surface area contributed by atoms with E-state index in [2.05, 4.69) is 55.6 Å². The number of fused-ring (bicyclic) bond motifs is 1. The second-order valence-electron chi connectivity index (χ2n) is 8.34. The van der Waals surface area contributed by atoms with Gasteiger partial charge in [-0.05, 0) is 57.8 Å². The fourth-order valence-electron chi connectivity index (χ4n) is 4.06. The molecule has 1 amide bonds. The third-order valence-electron chi connectivity index (χ3n) is 5.82. The maximum Gasteiger partial charge on any atom is 0.252 e. The van der Waals surface area contributed by atoms with Crippen LogP contribution in [0.2, 0.25) is 0 Å². The monoisotopic (exact) mass is 463 g/mol. The van der Waals surface area contributed by atoms with E-state index in [1.807, 2.05) is 22.9 Å². The highest BCUT2D eigenvalue weighted by Gasteiger charge is 2.25. The van der Waals surface area contributed by atoms with E-state index < -0.39 is 0 Å². The van der Waals surface area contributed by atoms with E-state index in [4.69, 9.17) is 4.98 Å². The molecule has 168 valence electrons. The van der Waals surface area contributed by atoms with Gasteiger partial charge >= 0.3 is 0 Å². The number of nitrogens with zero attached hydrogens (tertiary/aromatic N) is 3. The minimum absolute atomic E-state index is 0. The molecule has 3 heterocycles. The van der Waals surface area contributed by atoms with Gasteiger partial charge in [0, 0.05) is 17.6 Å². The first-order valence-electron chi connectivity index (χ1n) is 10.4. The van der Waals surface area contributed by atoms with Gasteiger partial charge in [0.1, 0.15) is 0 Å². The number of hydrogen-bond donors (Lipinski definition) is 2. The van der Waals surface area contributed by atoms with Gasteiger partial charge in [0.2, 0.25) is 0 Å². The Labute approximate surface area is 196 Å². The lowest BCUT2D eigenvalue weighted by molar-refractivity contribution is 0.0916. The van der Waals surface area contributed by atoms with Crippen molar-refractivity contribution in [2.75, 3.05) is 13.1 Å². The van der Waals surface area contributed by atoms with Crippen LogP contribution in [-0.4, -0.2) is 39.8 Å². The van der Waals surface area contributed by atoms with Crippen LogP contribution < -0.4 is 10.6 Å². The van der Waals surface area contributed by atoms with Crippen molar-refractivity contribution in [3.8, 4) is 11.3 Å². The zero-order chi connectivity index (χ0) is 20.5. The van der Waals surface area contributed by atoms with E-state index in [0.717, 1.165) is 47.4 Å². The molecule has 4 rings (SSSR count). The van der Waals surface area contributed by atoms with Gasteiger partial charge < -0.3 is 10.6 Å². The highest BCUT2D eigenvalue weighted by molar-refractivity contribution is 6.06. The molecule has 31 heavy (non-hydrogen) atoms. The number of amides is 1. The topological polar surface area (TPSA) is 71.8 Å². The second-order valence-corrected chi connectivity index (χ2v) is 8.34. The number of aromatic nitrogens is 3. The van der Waals surface area contributed by atoms with Crippen molar-refractivity contribution in [3.63, 3.8) is 0 Å². The summed E-state index contributed by atoms with van der Waals surface area (Å²) in [6.45, 7) is 10.2. The molecule has 1 aliphatic rings. The van der Waals surface area contributed by atoms with Crippen LogP contribution in [-0.2, 0) is 0 Å². The average Bonchev–Trinajstić information content (AvgIpc) is 3.13. The molecule has 6 nitrogen and oxygen atoms in total. The first-order valence-corrected chi connectivity index (χ1v) is 10.4. The number of halogens is 2. The van der Waals surface area contributed by atoms with Gasteiger partial charge in [-0.2, -0.15) is 5.10 Å². The summed E-state index contributed by atoms with van der Waals surface area (Å²) in [7, 11) is 0. The van der Waals surface area contributed by atoms with Crippen LogP contribution >= 0.6 is 24.8 Å². The summed E-state index contributed by atoms with van der Waals surface area (Å²) in [6, 6.07) is 10.4. The lowest BCUT2D eigenvalue weighted by Gasteiger charge is -2.30. The fraction of sp³-hybridized carbons (Fsp3) is 0.435. The molecule has 0 spiro atoms. The highest BCUT2D eigenvalue weighted by atomic mass is 35.5. The van der Waals surface area contributed by atoms with Crippen LogP contribution in [0, 0.1) is 12.8 Å². The van der Waals surface area contributed by atoms with E-state index in [9.17, 15) is 4.79 Å². The molecule has 0 radical (unpaired) electrons. The van der Waals surface area contributed by atoms with E-state index in [0.29, 0.717) is 11.5 Å². The number of carbonyl (C=O) groups is 1. The lowest BCUT2D eigenvalue weighted by atomic mass is 9.94. The number of piperidine rings is 1. The van der Waals surface area contributed by atoms with Gasteiger partial charge in [-0.3, -0.25) is 4.79 Å². The number of hydrogen-bond acceptors (Lipinski definition) is 4. The molecule has 2 unspecified atom stereocenters. The first-order chi connectivity index (χ1) is 14.0. The van der Waals surface area contributed by atoms with E-state index in [1.54, 1.807) is 6.20 Å². The maximum absolute atomic E-state index is 13.3. The number of aryl methyl sites for hydroxylation is 1. The summed E-state index contributed by atoms with van der Waals surface area (Å²) in [4.78, 5) is 18.2. The molecular formula is C23H31Cl2N5O. The summed E-state index contributed by atoms with van der Waals surface area (Å²) >= 11 is 0. The Kier molecular flexibility index (Phi) is 8.46. The molecule has 8 heteroatoms. The Bertz CT molecular complexity index is 1050. The number of rotatable bonds is 4. The number of carbonyl (C=O) groups excluding carboxylic acids is 1. The van der Waals surface area contributed by atoms with Crippen LogP contribution in [0.25, 0.3) is 22.3 Å². The smallest absolute Gasteiger partial charge is 0.252 e. The molecule has 3 aromatic rings. The Hall–Kier alpha value is -2.15. The minimum Gasteiger partial charge on any atom is -0.349 e. The standard InChI is InChI=1S/C23H29N5O.2ClH/c1-14(2)28-22-19(13-25-28)18(23(29)27-20-9-10-24-12-16(20)4)11-21(26-22)17-8-6-5-7-15(17)3;;/h5-8,11,13-14,16,20,24H,9-10,12H2,1-4H3,(H,27,29);2*1H. The second kappa shape index (κ2) is 10.4. The molecule has 0 aliphatic carbocycles. The zero-order valence-electron chi connectivity index (χ0n) is 18.4. The van der Waals surface area contributed by atoms with Crippen molar-refractivity contribution < 1.29 is 4.79 Å². The Morgan fingerprint density at radius 2 is 2.00 bits per heavy atom. The van der Waals surface area contributed by atoms with Crippen molar-refractivity contribution in [2.24, 2.45) is 5.92 Å². The van der Waals surface area contributed by atoms with Crippen LogP contribution in [0.1, 0.15) is 49.2 Å². The third-order valence-corrected chi connectivity index (χ3v) is 5.82. The molecule has 1 aliphatic heterocycles. The average molecular weight is 464 g/mol. The first kappa shape index (κ1) is 25.1. The van der Waals surface area contributed by atoms with Crippen LogP contribution in [0.5, 0.6) is 0 Å². The van der Waals surface area contributed by atoms with Gasteiger partial charge in [0.15, 0.2) is 5.65 Å². The van der Waals surface area contributed by atoms with Crippen molar-refractivity contribution >= 4 is 41.8 Å². The number of benzene rings is 1. The predicted octanol–water partition coefficient (Wildman–Crippen LogP) is 4.56. The summed E-state index contributed by atoms with van der Waals surface area (Å²) in [5, 5.41) is 12.0. The Morgan fingerprint density at radius 1 is 1.26 bits per heavy atom. The van der Waals surface area contributed by atoms with E-state index in [1.165, 1.54) is 0 Å². The van der Waals surface area contributed by atoms with Crippen LogP contribution in [0.3, 0.4) is 0 Å². The van der Waals surface area contributed by atoms with Crippen LogP contribution in [0.15, 0.2) is 36.5 Å². The Morgan fingerprint density at radius 3 is 2.68 bits per heavy atom. The summed E-state index contributed by atoms with van der Waals surface area (Å²) in [6.07, 6.45) is 2.71. The van der Waals surface area contributed by atoms with E-state index in [-0.39, 0.29) is 42.8 Å². The summed E-state index contributed by atoms with van der Waals surface area (Å²) < 4.78 is 1.89. The SMILES string of the molecule is Cc1ccccc1-c1cc(C(=O)NC2CCNCC2C)c2cnn(C(C)C)c2n1.Cl.Cl. The van der Waals surface area contributed by atoms with Crippen molar-refractivity contribution in [2.45, 2.75) is 46.2 Å². The molecule has 2 N–H and O–H groups in total. The van der Waals surface area contributed by atoms with Crippen molar-refractivity contribution in [1.29, 1.82) is 0 Å². The van der Waals surface area contributed by atoms with Gasteiger partial charge in [0.05, 0.1) is 22.8 Å². The quantitative estimate of drug-likeness (QED) is 0.594. The van der Waals surface area contributed by atoms with Gasteiger partial charge in [0.25, 0.3) is 5.91 Å². The molecule has 1 aromatic carbocycles. The predicted molar refractivity (Wildman–Crippen MR) is 130 cm³/mol. The molecule has 1 fully saturated rings. The number of pyridine rings is 1. The zero-order valence-corrected chi connectivity index (χ0v) is 20.0. The molecule has 0 bridgehead atoms. The van der Waals surface area contributed by atoms with Gasteiger partial charge in [-0.1, -0.05) is 31.2 Å². The normalized spacial score (nSPS) is 18.4. The number of nitrogens with one attached hydrogen (secondary N) is 2. The molecular weight excluding hydrogens is 433 g/mol. The van der Waals surface area contributed by atoms with Crippen molar-refractivity contribution in [1.82, 2.24) is 25.4 Å². The maximum atomic E-state index is 13.3. The molecule has 1 saturated heterocycles. The summed E-state index contributed by atoms with van der Waals surface area (Å²) in [5.74, 6) is 0.355. The molecule has 2 atom stereocenters. The molecule has 2 aromatic heterocycles. The van der Waals surface area contributed by atoms with E-state index >= 15 is 0 Å². The highest BCUT2D eigenvalue weighted by Crippen LogP contribution is 2.28. The van der Waals surface area contributed by atoms with Gasteiger partial charge in [-0.25, -0.2) is 9.67 Å². The summed E-state index contributed by atoms with van der Waals surface area (Å²) in [5.41, 5.74) is 4.38. The molecule has 0 saturated carbocycles. The third kappa shape index (κ3) is 5.03. The minimum atomic E-state index is -0.0470. The van der Waals surface area contributed by atoms with Gasteiger partial charge in [-0.15, -0.1) is 24.8 Å². The fourth-order valence-corrected chi connectivity index (χ4v) is 4.06. The van der Waals surface area contributed by atoms with Crippen molar-refractivity contribution in [3.05, 3.63) is 47.7 Å². The largest absolute Gasteiger partial charge is 0.349 e. The van der Waals surface area contributed by atoms with Crippen LogP contribution in [0.4, 0.5) is 0 Å². The lowest BCUT2D eigenvalue weighted by Crippen LogP contribution is -2.48.